The number of aliphatic carboxylic acids is 1. The average Bonchev–Trinajstić information content (AvgIpc) is 2.74. The second-order valence-corrected chi connectivity index (χ2v) is 5.57. The van der Waals surface area contributed by atoms with Gasteiger partial charge in [-0.1, -0.05) is 18.5 Å². The van der Waals surface area contributed by atoms with Crippen molar-refractivity contribution in [2.24, 2.45) is 5.92 Å². The third kappa shape index (κ3) is 2.83. The lowest BCUT2D eigenvalue weighted by Gasteiger charge is -2.24. The van der Waals surface area contributed by atoms with Gasteiger partial charge < -0.3 is 14.9 Å². The fraction of sp³-hybridized carbons (Fsp3) is 0.500. The van der Waals surface area contributed by atoms with E-state index in [0.717, 1.165) is 6.42 Å². The van der Waals surface area contributed by atoms with Crippen LogP contribution in [0.2, 0.25) is 5.02 Å². The van der Waals surface area contributed by atoms with E-state index in [1.807, 2.05) is 11.8 Å². The Balaban J connectivity index is 2.26. The van der Waals surface area contributed by atoms with Gasteiger partial charge in [-0.3, -0.25) is 9.69 Å². The number of methoxy groups -OCH3 is 1. The molecule has 0 radical (unpaired) electrons. The molecule has 1 saturated heterocycles. The zero-order valence-corrected chi connectivity index (χ0v) is 12.2. The summed E-state index contributed by atoms with van der Waals surface area (Å²) in [5.41, 5.74) is 0.578. The fourth-order valence-corrected chi connectivity index (χ4v) is 2.96. The largest absolute Gasteiger partial charge is 0.504 e. The van der Waals surface area contributed by atoms with Crippen LogP contribution in [0, 0.1) is 5.92 Å². The monoisotopic (exact) mass is 299 g/mol. The number of hydrogen-bond donors (Lipinski definition) is 2. The molecule has 1 fully saturated rings. The maximum absolute atomic E-state index is 11.3. The lowest BCUT2D eigenvalue weighted by atomic mass is 10.0. The highest BCUT2D eigenvalue weighted by Crippen LogP contribution is 2.36. The predicted molar refractivity (Wildman–Crippen MR) is 75.3 cm³/mol. The van der Waals surface area contributed by atoms with E-state index < -0.39 is 12.0 Å². The summed E-state index contributed by atoms with van der Waals surface area (Å²) >= 11 is 5.99. The molecule has 0 aromatic heterocycles. The van der Waals surface area contributed by atoms with Crippen molar-refractivity contribution >= 4 is 17.6 Å². The highest BCUT2D eigenvalue weighted by atomic mass is 35.5. The summed E-state index contributed by atoms with van der Waals surface area (Å²) in [5, 5.41) is 19.9. The SMILES string of the molecule is COc1cc(Cl)cc(CN2CCC(C)C2C(=O)O)c1O. The van der Waals surface area contributed by atoms with Crippen LogP contribution < -0.4 is 4.74 Å². The Morgan fingerprint density at radius 3 is 2.85 bits per heavy atom. The van der Waals surface area contributed by atoms with E-state index >= 15 is 0 Å². The molecule has 6 heteroatoms. The predicted octanol–water partition coefficient (Wildman–Crippen LogP) is 2.35. The number of carbonyl (C=O) groups is 1. The second-order valence-electron chi connectivity index (χ2n) is 5.14. The molecular formula is C14H18ClNO4. The van der Waals surface area contributed by atoms with Crippen LogP contribution in [-0.2, 0) is 11.3 Å². The zero-order chi connectivity index (χ0) is 14.9. The molecule has 2 atom stereocenters. The summed E-state index contributed by atoms with van der Waals surface area (Å²) in [6.45, 7) is 2.95. The number of likely N-dealkylation sites (tertiary alicyclic amines) is 1. The van der Waals surface area contributed by atoms with E-state index in [2.05, 4.69) is 0 Å². The van der Waals surface area contributed by atoms with Crippen LogP contribution in [0.1, 0.15) is 18.9 Å². The molecule has 5 nitrogen and oxygen atoms in total. The number of carboxylic acid groups (broad SMARTS) is 1. The van der Waals surface area contributed by atoms with E-state index in [1.165, 1.54) is 13.2 Å². The van der Waals surface area contributed by atoms with Crippen molar-refractivity contribution in [1.29, 1.82) is 0 Å². The van der Waals surface area contributed by atoms with Crippen LogP contribution in [0.5, 0.6) is 11.5 Å². The van der Waals surface area contributed by atoms with Crippen LogP contribution >= 0.6 is 11.6 Å². The first-order valence-corrected chi connectivity index (χ1v) is 6.84. The highest BCUT2D eigenvalue weighted by molar-refractivity contribution is 6.30. The number of rotatable bonds is 4. The van der Waals surface area contributed by atoms with Crippen LogP contribution in [0.4, 0.5) is 0 Å². The molecule has 0 amide bonds. The molecule has 1 aromatic carbocycles. The highest BCUT2D eigenvalue weighted by Gasteiger charge is 2.36. The molecule has 1 aromatic rings. The van der Waals surface area contributed by atoms with E-state index in [9.17, 15) is 15.0 Å². The lowest BCUT2D eigenvalue weighted by molar-refractivity contribution is -0.143. The summed E-state index contributed by atoms with van der Waals surface area (Å²) in [6.07, 6.45) is 0.829. The maximum Gasteiger partial charge on any atom is 0.321 e. The number of benzene rings is 1. The Bertz CT molecular complexity index is 520. The van der Waals surface area contributed by atoms with Gasteiger partial charge in [0.2, 0.25) is 0 Å². The molecule has 0 spiro atoms. The third-order valence-electron chi connectivity index (χ3n) is 3.77. The molecule has 0 bridgehead atoms. The Morgan fingerprint density at radius 1 is 1.55 bits per heavy atom. The van der Waals surface area contributed by atoms with Crippen molar-refractivity contribution in [2.75, 3.05) is 13.7 Å². The van der Waals surface area contributed by atoms with Gasteiger partial charge in [0.05, 0.1) is 7.11 Å². The van der Waals surface area contributed by atoms with E-state index in [1.54, 1.807) is 6.07 Å². The first-order chi connectivity index (χ1) is 9.43. The number of aromatic hydroxyl groups is 1. The molecule has 20 heavy (non-hydrogen) atoms. The van der Waals surface area contributed by atoms with Gasteiger partial charge in [0.15, 0.2) is 11.5 Å². The Labute approximate surface area is 122 Å². The number of phenolic OH excluding ortho intramolecular Hbond substituents is 1. The van der Waals surface area contributed by atoms with Crippen LogP contribution in [0.3, 0.4) is 0 Å². The molecule has 1 aliphatic heterocycles. The van der Waals surface area contributed by atoms with Gasteiger partial charge in [-0.25, -0.2) is 0 Å². The minimum atomic E-state index is -0.830. The molecule has 0 saturated carbocycles. The van der Waals surface area contributed by atoms with E-state index in [0.29, 0.717) is 29.4 Å². The minimum Gasteiger partial charge on any atom is -0.504 e. The van der Waals surface area contributed by atoms with Crippen molar-refractivity contribution in [3.63, 3.8) is 0 Å². The number of carboxylic acids is 1. The van der Waals surface area contributed by atoms with E-state index in [4.69, 9.17) is 16.3 Å². The molecule has 2 rings (SSSR count). The van der Waals surface area contributed by atoms with Gasteiger partial charge in [0.25, 0.3) is 0 Å². The van der Waals surface area contributed by atoms with Crippen LogP contribution in [0.25, 0.3) is 0 Å². The normalized spacial score (nSPS) is 22.9. The summed E-state index contributed by atoms with van der Waals surface area (Å²) in [5.74, 6) is -0.425. The molecule has 2 N–H and O–H groups in total. The Morgan fingerprint density at radius 2 is 2.25 bits per heavy atom. The minimum absolute atomic E-state index is 0.0144. The topological polar surface area (TPSA) is 70.0 Å². The Kier molecular flexibility index (Phi) is 4.40. The van der Waals surface area contributed by atoms with Crippen molar-refractivity contribution < 1.29 is 19.7 Å². The number of ether oxygens (including phenoxy) is 1. The molecule has 2 unspecified atom stereocenters. The maximum atomic E-state index is 11.3. The molecule has 1 aliphatic rings. The number of phenols is 1. The summed E-state index contributed by atoms with van der Waals surface area (Å²) in [4.78, 5) is 13.2. The molecular weight excluding hydrogens is 282 g/mol. The number of nitrogens with zero attached hydrogens (tertiary/aromatic N) is 1. The van der Waals surface area contributed by atoms with E-state index in [-0.39, 0.29) is 11.7 Å². The summed E-state index contributed by atoms with van der Waals surface area (Å²) < 4.78 is 5.06. The molecule has 0 aliphatic carbocycles. The van der Waals surface area contributed by atoms with Gasteiger partial charge in [-0.15, -0.1) is 0 Å². The van der Waals surface area contributed by atoms with Crippen molar-refractivity contribution in [2.45, 2.75) is 25.9 Å². The Hall–Kier alpha value is -1.46. The van der Waals surface area contributed by atoms with Gasteiger partial charge >= 0.3 is 5.97 Å². The van der Waals surface area contributed by atoms with Crippen LogP contribution in [-0.4, -0.2) is 40.8 Å². The third-order valence-corrected chi connectivity index (χ3v) is 3.99. The zero-order valence-electron chi connectivity index (χ0n) is 11.5. The fourth-order valence-electron chi connectivity index (χ4n) is 2.73. The van der Waals surface area contributed by atoms with Gasteiger partial charge in [0.1, 0.15) is 6.04 Å². The first kappa shape index (κ1) is 14.9. The second kappa shape index (κ2) is 5.89. The van der Waals surface area contributed by atoms with Crippen molar-refractivity contribution in [1.82, 2.24) is 4.90 Å². The van der Waals surface area contributed by atoms with Gasteiger partial charge in [-0.05, 0) is 24.9 Å². The number of halogens is 1. The van der Waals surface area contributed by atoms with Crippen molar-refractivity contribution in [3.05, 3.63) is 22.7 Å². The lowest BCUT2D eigenvalue weighted by Crippen LogP contribution is -2.38. The quantitative estimate of drug-likeness (QED) is 0.893. The van der Waals surface area contributed by atoms with Crippen molar-refractivity contribution in [3.8, 4) is 11.5 Å². The molecule has 110 valence electrons. The standard InChI is InChI=1S/C14H18ClNO4/c1-8-3-4-16(12(8)14(18)19)7-9-5-10(15)6-11(20-2)13(9)17/h5-6,8,12,17H,3-4,7H2,1-2H3,(H,18,19). The summed E-state index contributed by atoms with van der Waals surface area (Å²) in [7, 11) is 1.45. The van der Waals surface area contributed by atoms with Crippen LogP contribution in [0.15, 0.2) is 12.1 Å². The number of hydrogen-bond acceptors (Lipinski definition) is 4. The molecule has 1 heterocycles. The average molecular weight is 300 g/mol. The first-order valence-electron chi connectivity index (χ1n) is 6.46. The summed E-state index contributed by atoms with van der Waals surface area (Å²) in [6, 6.07) is 2.64. The van der Waals surface area contributed by atoms with Gasteiger partial charge in [0, 0.05) is 23.2 Å². The van der Waals surface area contributed by atoms with Gasteiger partial charge in [-0.2, -0.15) is 0 Å². The smallest absolute Gasteiger partial charge is 0.321 e.